The van der Waals surface area contributed by atoms with Crippen LogP contribution in [0.15, 0.2) is 53.8 Å². The summed E-state index contributed by atoms with van der Waals surface area (Å²) in [4.78, 5) is 16.1. The van der Waals surface area contributed by atoms with Crippen LogP contribution in [0.2, 0.25) is 0 Å². The molecule has 3 heterocycles. The van der Waals surface area contributed by atoms with Crippen LogP contribution < -0.4 is 10.7 Å². The largest absolute Gasteiger partial charge is 0.513 e. The van der Waals surface area contributed by atoms with Crippen molar-refractivity contribution >= 4 is 29.5 Å². The molecule has 0 saturated carbocycles. The van der Waals surface area contributed by atoms with Gasteiger partial charge in [-0.1, -0.05) is 9.69 Å². The number of amidine groups is 1. The Hall–Kier alpha value is -4.30. The lowest BCUT2D eigenvalue weighted by Gasteiger charge is -2.28. The SMILES string of the molecule is CC(C)OC(=O)OC(C)[N+]1=CC(c2ncccc2C(F)(F)F)=CC2=NNC(Nc3ccc(C(F)(F)F)cc3)N21. The van der Waals surface area contributed by atoms with Crippen LogP contribution in [0, 0.1) is 0 Å². The minimum Gasteiger partial charge on any atom is -0.431 e. The van der Waals surface area contributed by atoms with Gasteiger partial charge >= 0.3 is 24.7 Å². The number of halogens is 6. The van der Waals surface area contributed by atoms with E-state index in [9.17, 15) is 31.1 Å². The number of hydrazine groups is 1. The zero-order valence-corrected chi connectivity index (χ0v) is 20.7. The van der Waals surface area contributed by atoms with Gasteiger partial charge in [-0.25, -0.2) is 4.79 Å². The van der Waals surface area contributed by atoms with Crippen molar-refractivity contribution in [1.82, 2.24) is 15.4 Å². The first-order valence-corrected chi connectivity index (χ1v) is 11.5. The van der Waals surface area contributed by atoms with Crippen LogP contribution in [0.3, 0.4) is 0 Å². The van der Waals surface area contributed by atoms with E-state index in [1.54, 1.807) is 13.8 Å². The van der Waals surface area contributed by atoms with Gasteiger partial charge in [-0.3, -0.25) is 10.4 Å². The average Bonchev–Trinajstić information content (AvgIpc) is 3.24. The van der Waals surface area contributed by atoms with E-state index < -0.39 is 48.3 Å². The van der Waals surface area contributed by atoms with E-state index in [0.717, 1.165) is 24.3 Å². The molecule has 0 aliphatic carbocycles. The van der Waals surface area contributed by atoms with Crippen LogP contribution in [0.5, 0.6) is 0 Å². The van der Waals surface area contributed by atoms with E-state index in [1.165, 1.54) is 47.2 Å². The van der Waals surface area contributed by atoms with E-state index in [-0.39, 0.29) is 22.8 Å². The molecule has 2 N–H and O–H groups in total. The first kappa shape index (κ1) is 27.7. The maximum Gasteiger partial charge on any atom is 0.513 e. The van der Waals surface area contributed by atoms with Crippen LogP contribution >= 0.6 is 0 Å². The normalized spacial score (nSPS) is 17.9. The molecule has 4 rings (SSSR count). The first-order chi connectivity index (χ1) is 18.2. The van der Waals surface area contributed by atoms with Gasteiger partial charge in [0.15, 0.2) is 0 Å². The fraction of sp³-hybridized carbons (Fsp3) is 0.333. The van der Waals surface area contributed by atoms with Crippen molar-refractivity contribution in [2.75, 3.05) is 5.32 Å². The Balaban J connectivity index is 1.68. The fourth-order valence-corrected chi connectivity index (χ4v) is 3.79. The molecule has 0 radical (unpaired) electrons. The van der Waals surface area contributed by atoms with E-state index >= 15 is 0 Å². The summed E-state index contributed by atoms with van der Waals surface area (Å²) in [6.07, 6.45) is -8.94. The van der Waals surface area contributed by atoms with Crippen molar-refractivity contribution < 1.29 is 45.3 Å². The van der Waals surface area contributed by atoms with Gasteiger partial charge in [0.25, 0.3) is 0 Å². The molecular formula is C24H23F6N6O3+. The molecule has 2 aliphatic heterocycles. The zero-order chi connectivity index (χ0) is 28.5. The maximum absolute atomic E-state index is 13.7. The van der Waals surface area contributed by atoms with E-state index in [4.69, 9.17) is 9.47 Å². The molecule has 0 spiro atoms. The smallest absolute Gasteiger partial charge is 0.431 e. The summed E-state index contributed by atoms with van der Waals surface area (Å²) in [5.41, 5.74) is 0.828. The molecule has 2 unspecified atom stereocenters. The molecule has 15 heteroatoms. The molecule has 2 atom stereocenters. The minimum atomic E-state index is -4.70. The first-order valence-electron chi connectivity index (χ1n) is 11.5. The second-order valence-electron chi connectivity index (χ2n) is 8.71. The van der Waals surface area contributed by atoms with Crippen molar-refractivity contribution in [3.05, 3.63) is 65.5 Å². The molecule has 0 amide bonds. The number of nitrogens with zero attached hydrogens (tertiary/aromatic N) is 4. The number of benzene rings is 1. The number of alkyl halides is 6. The lowest BCUT2D eigenvalue weighted by Crippen LogP contribution is -2.55. The molecule has 208 valence electrons. The van der Waals surface area contributed by atoms with Crippen molar-refractivity contribution in [3.8, 4) is 0 Å². The highest BCUT2D eigenvalue weighted by Crippen LogP contribution is 2.35. The number of hydrogen-bond donors (Lipinski definition) is 2. The molecule has 2 aromatic rings. The van der Waals surface area contributed by atoms with Gasteiger partial charge in [0.1, 0.15) is 0 Å². The summed E-state index contributed by atoms with van der Waals surface area (Å²) < 4.78 is 91.6. The Labute approximate surface area is 218 Å². The average molecular weight is 557 g/mol. The Bertz CT molecular complexity index is 1320. The molecule has 9 nitrogen and oxygen atoms in total. The number of ether oxygens (including phenoxy) is 2. The molecule has 0 bridgehead atoms. The predicted octanol–water partition coefficient (Wildman–Crippen LogP) is 5.04. The van der Waals surface area contributed by atoms with Crippen molar-refractivity contribution in [3.63, 3.8) is 0 Å². The zero-order valence-electron chi connectivity index (χ0n) is 20.7. The molecule has 0 saturated heterocycles. The summed E-state index contributed by atoms with van der Waals surface area (Å²) in [7, 11) is 0. The van der Waals surface area contributed by atoms with Gasteiger partial charge in [0, 0.05) is 24.9 Å². The van der Waals surface area contributed by atoms with Gasteiger partial charge in [-0.15, -0.1) is 0 Å². The Morgan fingerprint density at radius 1 is 1.05 bits per heavy atom. The van der Waals surface area contributed by atoms with Gasteiger partial charge in [-0.05, 0) is 50.2 Å². The lowest BCUT2D eigenvalue weighted by molar-refractivity contribution is -0.722. The second kappa shape index (κ2) is 10.5. The number of anilines is 1. The monoisotopic (exact) mass is 557 g/mol. The third-order valence-corrected chi connectivity index (χ3v) is 5.46. The molecule has 39 heavy (non-hydrogen) atoms. The van der Waals surface area contributed by atoms with Crippen LogP contribution in [0.1, 0.15) is 37.6 Å². The Morgan fingerprint density at radius 2 is 1.74 bits per heavy atom. The highest BCUT2D eigenvalue weighted by molar-refractivity contribution is 6.17. The molecule has 2 aliphatic rings. The number of carbonyl (C=O) groups is 1. The second-order valence-corrected chi connectivity index (χ2v) is 8.71. The number of aromatic nitrogens is 1. The van der Waals surface area contributed by atoms with E-state index in [2.05, 4.69) is 20.8 Å². The van der Waals surface area contributed by atoms with E-state index in [1.807, 2.05) is 0 Å². The number of fused-ring (bicyclic) bond motifs is 1. The number of nitrogens with one attached hydrogen (secondary N) is 2. The van der Waals surface area contributed by atoms with Gasteiger partial charge in [-0.2, -0.15) is 31.4 Å². The van der Waals surface area contributed by atoms with Crippen molar-refractivity contribution in [2.24, 2.45) is 5.10 Å². The number of hydrogen-bond acceptors (Lipinski definition) is 8. The van der Waals surface area contributed by atoms with Gasteiger partial charge in [0.2, 0.25) is 18.3 Å². The molecule has 0 fully saturated rings. The minimum absolute atomic E-state index is 0.0163. The predicted molar refractivity (Wildman–Crippen MR) is 127 cm³/mol. The number of carbonyl (C=O) groups excluding carboxylic acids is 1. The standard InChI is InChI=1S/C24H22F6N6O3/c1-13(2)38-22(37)39-14(3)35-12-15(20-18(24(28,29)30)5-4-10-31-20)11-19-33-34-21(36(19)35)32-17-8-6-16(7-9-17)23(25,26)27/h4-14,21,32H,1-3H3/p+1. The van der Waals surface area contributed by atoms with Gasteiger partial charge in [0.05, 0.1) is 28.5 Å². The highest BCUT2D eigenvalue weighted by Gasteiger charge is 2.44. The Kier molecular flexibility index (Phi) is 7.44. The molecule has 1 aromatic heterocycles. The topological polar surface area (TPSA) is 91.1 Å². The number of hydrazone groups is 2. The van der Waals surface area contributed by atoms with E-state index in [0.29, 0.717) is 0 Å². The van der Waals surface area contributed by atoms with Crippen molar-refractivity contribution in [1.29, 1.82) is 0 Å². The number of allylic oxidation sites excluding steroid dienone is 1. The van der Waals surface area contributed by atoms with Crippen LogP contribution in [0.25, 0.3) is 5.57 Å². The summed E-state index contributed by atoms with van der Waals surface area (Å²) in [6, 6.07) is 6.26. The quantitative estimate of drug-likeness (QED) is 0.292. The van der Waals surface area contributed by atoms with Crippen molar-refractivity contribution in [2.45, 2.75) is 51.7 Å². The summed E-state index contributed by atoms with van der Waals surface area (Å²) >= 11 is 0. The van der Waals surface area contributed by atoms with Crippen LogP contribution in [-0.2, 0) is 21.8 Å². The third kappa shape index (κ3) is 6.23. The third-order valence-electron chi connectivity index (χ3n) is 5.46. The van der Waals surface area contributed by atoms with Gasteiger partial charge < -0.3 is 14.8 Å². The summed E-state index contributed by atoms with van der Waals surface area (Å²) in [5.74, 6) is 0.114. The Morgan fingerprint density at radius 3 is 2.36 bits per heavy atom. The number of pyridine rings is 1. The molecular weight excluding hydrogens is 534 g/mol. The van der Waals surface area contributed by atoms with Crippen LogP contribution in [-0.4, -0.2) is 51.5 Å². The summed E-state index contributed by atoms with van der Waals surface area (Å²) in [5, 5.41) is 8.53. The highest BCUT2D eigenvalue weighted by atomic mass is 19.4. The lowest BCUT2D eigenvalue weighted by atomic mass is 10.0. The molecule has 1 aromatic carbocycles. The maximum atomic E-state index is 13.7. The van der Waals surface area contributed by atoms with Crippen LogP contribution in [0.4, 0.5) is 36.8 Å². The number of rotatable bonds is 6. The summed E-state index contributed by atoms with van der Waals surface area (Å²) in [6.45, 7) is 4.67. The fourth-order valence-electron chi connectivity index (χ4n) is 3.79.